The van der Waals surface area contributed by atoms with Crippen LogP contribution in [0, 0.1) is 0 Å². The van der Waals surface area contributed by atoms with Gasteiger partial charge in [0.15, 0.2) is 0 Å². The summed E-state index contributed by atoms with van der Waals surface area (Å²) in [4.78, 5) is 8.75. The molecule has 0 unspecified atom stereocenters. The predicted octanol–water partition coefficient (Wildman–Crippen LogP) is 1.28. The van der Waals surface area contributed by atoms with E-state index in [2.05, 4.69) is 20.4 Å². The van der Waals surface area contributed by atoms with E-state index in [1.807, 2.05) is 19.4 Å². The number of nitrogens with two attached hydrogens (primary N) is 1. The van der Waals surface area contributed by atoms with Gasteiger partial charge in [-0.3, -0.25) is 4.68 Å². The van der Waals surface area contributed by atoms with E-state index in [1.165, 1.54) is 12.8 Å². The van der Waals surface area contributed by atoms with Gasteiger partial charge in [0.1, 0.15) is 17.5 Å². The highest BCUT2D eigenvalue weighted by molar-refractivity contribution is 5.45. The van der Waals surface area contributed by atoms with E-state index in [1.54, 1.807) is 10.7 Å². The Morgan fingerprint density at radius 1 is 1.44 bits per heavy atom. The highest BCUT2D eigenvalue weighted by Gasteiger charge is 2.27. The van der Waals surface area contributed by atoms with Crippen molar-refractivity contribution in [3.8, 4) is 0 Å². The van der Waals surface area contributed by atoms with Crippen molar-refractivity contribution in [3.63, 3.8) is 0 Å². The van der Waals surface area contributed by atoms with Gasteiger partial charge in [-0.15, -0.1) is 0 Å². The quantitative estimate of drug-likeness (QED) is 0.846. The number of hydrogen-bond donors (Lipinski definition) is 2. The molecule has 1 saturated carbocycles. The Kier molecular flexibility index (Phi) is 2.62. The second-order valence-electron chi connectivity index (χ2n) is 4.69. The Bertz CT molecular complexity index is 557. The van der Waals surface area contributed by atoms with E-state index in [9.17, 15) is 0 Å². The zero-order valence-corrected chi connectivity index (χ0v) is 10.3. The molecule has 0 aromatic carbocycles. The smallest absolute Gasteiger partial charge is 0.136 e. The normalized spacial score (nSPS) is 14.7. The lowest BCUT2D eigenvalue weighted by atomic mass is 10.3. The van der Waals surface area contributed by atoms with Gasteiger partial charge < -0.3 is 11.1 Å². The Morgan fingerprint density at radius 2 is 2.28 bits per heavy atom. The van der Waals surface area contributed by atoms with Gasteiger partial charge in [0.05, 0.1) is 6.20 Å². The highest BCUT2D eigenvalue weighted by atomic mass is 15.2. The molecular weight excluding hydrogens is 228 g/mol. The first-order valence-electron chi connectivity index (χ1n) is 6.06. The minimum Gasteiger partial charge on any atom is -0.384 e. The van der Waals surface area contributed by atoms with Crippen molar-refractivity contribution in [1.29, 1.82) is 0 Å². The molecular formula is C12H16N6. The molecule has 0 atom stereocenters. The Labute approximate surface area is 105 Å². The summed E-state index contributed by atoms with van der Waals surface area (Å²) in [5.74, 6) is 2.69. The number of aromatic nitrogens is 4. The number of hydrogen-bond acceptors (Lipinski definition) is 5. The molecule has 3 rings (SSSR count). The van der Waals surface area contributed by atoms with Crippen molar-refractivity contribution in [2.24, 2.45) is 7.05 Å². The first-order chi connectivity index (χ1) is 8.70. The third kappa shape index (κ3) is 2.42. The van der Waals surface area contributed by atoms with Crippen molar-refractivity contribution in [2.45, 2.75) is 25.3 Å². The molecule has 1 aliphatic carbocycles. The number of rotatable bonds is 4. The van der Waals surface area contributed by atoms with E-state index in [0.29, 0.717) is 18.3 Å². The second-order valence-corrected chi connectivity index (χ2v) is 4.69. The maximum atomic E-state index is 5.79. The van der Waals surface area contributed by atoms with Crippen molar-refractivity contribution >= 4 is 11.6 Å². The maximum Gasteiger partial charge on any atom is 0.136 e. The molecule has 0 spiro atoms. The van der Waals surface area contributed by atoms with E-state index < -0.39 is 0 Å². The van der Waals surface area contributed by atoms with Gasteiger partial charge in [-0.05, 0) is 12.8 Å². The molecule has 1 fully saturated rings. The minimum absolute atomic E-state index is 0.507. The van der Waals surface area contributed by atoms with Crippen molar-refractivity contribution in [3.05, 3.63) is 29.8 Å². The molecule has 18 heavy (non-hydrogen) atoms. The SMILES string of the molecule is Cn1cc(CNc2cc(N)nc(C3CC3)n2)cn1. The van der Waals surface area contributed by atoms with Crippen molar-refractivity contribution < 1.29 is 0 Å². The molecule has 0 bridgehead atoms. The minimum atomic E-state index is 0.507. The molecule has 0 amide bonds. The largest absolute Gasteiger partial charge is 0.384 e. The summed E-state index contributed by atoms with van der Waals surface area (Å²) in [6.45, 7) is 0.689. The van der Waals surface area contributed by atoms with Crippen LogP contribution in [0.2, 0.25) is 0 Å². The topological polar surface area (TPSA) is 81.7 Å². The Morgan fingerprint density at radius 3 is 2.94 bits per heavy atom. The van der Waals surface area contributed by atoms with Crippen LogP contribution < -0.4 is 11.1 Å². The zero-order chi connectivity index (χ0) is 12.5. The fourth-order valence-corrected chi connectivity index (χ4v) is 1.86. The molecule has 3 N–H and O–H groups in total. The lowest BCUT2D eigenvalue weighted by molar-refractivity contribution is 0.767. The van der Waals surface area contributed by atoms with Crippen LogP contribution in [0.25, 0.3) is 0 Å². The molecule has 2 aromatic rings. The maximum absolute atomic E-state index is 5.79. The van der Waals surface area contributed by atoms with Gasteiger partial charge >= 0.3 is 0 Å². The van der Waals surface area contributed by atoms with Crippen LogP contribution in [0.4, 0.5) is 11.6 Å². The molecule has 6 nitrogen and oxygen atoms in total. The van der Waals surface area contributed by atoms with Crippen LogP contribution in [0.3, 0.4) is 0 Å². The van der Waals surface area contributed by atoms with Crippen molar-refractivity contribution in [2.75, 3.05) is 11.1 Å². The number of anilines is 2. The molecule has 0 aliphatic heterocycles. The first kappa shape index (κ1) is 11.0. The van der Waals surface area contributed by atoms with Crippen LogP contribution in [-0.2, 0) is 13.6 Å². The summed E-state index contributed by atoms with van der Waals surface area (Å²) >= 11 is 0. The van der Waals surface area contributed by atoms with E-state index in [-0.39, 0.29) is 0 Å². The first-order valence-corrected chi connectivity index (χ1v) is 6.06. The molecule has 94 valence electrons. The molecule has 0 radical (unpaired) electrons. The summed E-state index contributed by atoms with van der Waals surface area (Å²) in [6.07, 6.45) is 6.15. The summed E-state index contributed by atoms with van der Waals surface area (Å²) in [5.41, 5.74) is 6.90. The Balaban J connectivity index is 1.71. The molecule has 1 aliphatic rings. The number of aryl methyl sites for hydroxylation is 1. The van der Waals surface area contributed by atoms with Gasteiger partial charge in [-0.2, -0.15) is 5.10 Å². The average molecular weight is 244 g/mol. The van der Waals surface area contributed by atoms with Gasteiger partial charge in [-0.1, -0.05) is 0 Å². The van der Waals surface area contributed by atoms with E-state index in [4.69, 9.17) is 5.73 Å². The van der Waals surface area contributed by atoms with Crippen LogP contribution in [0.1, 0.15) is 30.1 Å². The van der Waals surface area contributed by atoms with E-state index in [0.717, 1.165) is 17.2 Å². The van der Waals surface area contributed by atoms with Gasteiger partial charge in [0, 0.05) is 37.3 Å². The van der Waals surface area contributed by atoms with Gasteiger partial charge in [-0.25, -0.2) is 9.97 Å². The third-order valence-electron chi connectivity index (χ3n) is 2.94. The molecule has 0 saturated heterocycles. The average Bonchev–Trinajstić information content (AvgIpc) is 3.10. The fourth-order valence-electron chi connectivity index (χ4n) is 1.86. The lowest BCUT2D eigenvalue weighted by Crippen LogP contribution is -2.05. The third-order valence-corrected chi connectivity index (χ3v) is 2.94. The van der Waals surface area contributed by atoms with Gasteiger partial charge in [0.2, 0.25) is 0 Å². The van der Waals surface area contributed by atoms with Crippen molar-refractivity contribution in [1.82, 2.24) is 19.7 Å². The van der Waals surface area contributed by atoms with Crippen LogP contribution in [0.5, 0.6) is 0 Å². The number of nitrogens with one attached hydrogen (secondary N) is 1. The van der Waals surface area contributed by atoms with Crippen LogP contribution >= 0.6 is 0 Å². The zero-order valence-electron chi connectivity index (χ0n) is 10.3. The van der Waals surface area contributed by atoms with Gasteiger partial charge in [0.25, 0.3) is 0 Å². The number of nitrogens with zero attached hydrogens (tertiary/aromatic N) is 4. The highest BCUT2D eigenvalue weighted by Crippen LogP contribution is 2.38. The summed E-state index contributed by atoms with van der Waals surface area (Å²) < 4.78 is 1.78. The standard InChI is InChI=1S/C12H16N6/c1-18-7-8(6-15-18)5-14-11-4-10(13)16-12(17-11)9-2-3-9/h4,6-7,9H,2-3,5H2,1H3,(H3,13,14,16,17). The lowest BCUT2D eigenvalue weighted by Gasteiger charge is -2.06. The second kappa shape index (κ2) is 4.29. The fraction of sp³-hybridized carbons (Fsp3) is 0.417. The van der Waals surface area contributed by atoms with E-state index >= 15 is 0 Å². The summed E-state index contributed by atoms with van der Waals surface area (Å²) in [6, 6.07) is 1.77. The molecule has 2 aromatic heterocycles. The monoisotopic (exact) mass is 244 g/mol. The number of nitrogen functional groups attached to an aromatic ring is 1. The van der Waals surface area contributed by atoms with Crippen LogP contribution in [-0.4, -0.2) is 19.7 Å². The van der Waals surface area contributed by atoms with Crippen LogP contribution in [0.15, 0.2) is 18.5 Å². The predicted molar refractivity (Wildman–Crippen MR) is 69.0 cm³/mol. The Hall–Kier alpha value is -2.11. The summed E-state index contributed by atoms with van der Waals surface area (Å²) in [5, 5.41) is 7.38. The molecule has 6 heteroatoms. The summed E-state index contributed by atoms with van der Waals surface area (Å²) in [7, 11) is 1.90. The molecule has 2 heterocycles.